The predicted molar refractivity (Wildman–Crippen MR) is 74.2 cm³/mol. The lowest BCUT2D eigenvalue weighted by Crippen LogP contribution is -2.34. The third-order valence-corrected chi connectivity index (χ3v) is 2.71. The van der Waals surface area contributed by atoms with E-state index in [1.54, 1.807) is 6.92 Å². The fraction of sp³-hybridized carbons (Fsp3) is 0.769. The summed E-state index contributed by atoms with van der Waals surface area (Å²) in [6.45, 7) is 9.16. The Kier molecular flexibility index (Phi) is 5.10. The van der Waals surface area contributed by atoms with Crippen molar-refractivity contribution in [1.82, 2.24) is 20.4 Å². The fourth-order valence-electron chi connectivity index (χ4n) is 1.36. The lowest BCUT2D eigenvalue weighted by molar-refractivity contribution is 0.0505. The maximum Gasteiger partial charge on any atom is 0.408 e. The third-order valence-electron chi connectivity index (χ3n) is 2.71. The van der Waals surface area contributed by atoms with E-state index in [1.165, 1.54) is 0 Å². The van der Waals surface area contributed by atoms with Crippen LogP contribution >= 0.6 is 0 Å². The number of nitrogens with one attached hydrogen (secondary N) is 1. The minimum Gasteiger partial charge on any atom is -0.444 e. The summed E-state index contributed by atoms with van der Waals surface area (Å²) in [5.74, 6) is 0.947. The average molecular weight is 284 g/mol. The maximum atomic E-state index is 11.7. The number of amides is 1. The van der Waals surface area contributed by atoms with Gasteiger partial charge >= 0.3 is 6.09 Å². The topological polar surface area (TPSA) is 80.5 Å². The smallest absolute Gasteiger partial charge is 0.408 e. The molecule has 20 heavy (non-hydrogen) atoms. The second-order valence-corrected chi connectivity index (χ2v) is 6.00. The Morgan fingerprint density at radius 2 is 1.95 bits per heavy atom. The molecule has 0 aliphatic heterocycles. The van der Waals surface area contributed by atoms with Crippen molar-refractivity contribution >= 4 is 6.09 Å². The van der Waals surface area contributed by atoms with Gasteiger partial charge in [0.1, 0.15) is 5.60 Å². The molecule has 2 atom stereocenters. The van der Waals surface area contributed by atoms with Crippen LogP contribution in [-0.2, 0) is 4.74 Å². The van der Waals surface area contributed by atoms with Gasteiger partial charge in [0.2, 0.25) is 5.89 Å². The van der Waals surface area contributed by atoms with E-state index in [-0.39, 0.29) is 12.1 Å². The Bertz CT molecular complexity index is 451. The van der Waals surface area contributed by atoms with Crippen LogP contribution in [-0.4, -0.2) is 40.8 Å². The van der Waals surface area contributed by atoms with E-state index in [1.807, 2.05) is 46.7 Å². The number of carbonyl (C=O) groups is 1. The van der Waals surface area contributed by atoms with Crippen molar-refractivity contribution in [3.63, 3.8) is 0 Å². The van der Waals surface area contributed by atoms with Gasteiger partial charge in [-0.3, -0.25) is 4.90 Å². The maximum absolute atomic E-state index is 11.7. The van der Waals surface area contributed by atoms with Crippen LogP contribution in [0, 0.1) is 0 Å². The normalized spacial score (nSPS) is 15.0. The molecule has 1 unspecified atom stereocenters. The van der Waals surface area contributed by atoms with Gasteiger partial charge in [-0.15, -0.1) is 0 Å². The van der Waals surface area contributed by atoms with Crippen LogP contribution in [0.5, 0.6) is 0 Å². The zero-order valence-corrected chi connectivity index (χ0v) is 13.2. The van der Waals surface area contributed by atoms with Crippen LogP contribution in [0.15, 0.2) is 4.52 Å². The van der Waals surface area contributed by atoms with Crippen molar-refractivity contribution in [3.8, 4) is 0 Å². The zero-order valence-electron chi connectivity index (χ0n) is 13.2. The van der Waals surface area contributed by atoms with Crippen LogP contribution in [0.25, 0.3) is 0 Å². The summed E-state index contributed by atoms with van der Waals surface area (Å²) < 4.78 is 10.4. The fourth-order valence-corrected chi connectivity index (χ4v) is 1.36. The Morgan fingerprint density at radius 1 is 1.35 bits per heavy atom. The second-order valence-electron chi connectivity index (χ2n) is 6.00. The predicted octanol–water partition coefficient (Wildman–Crippen LogP) is 2.28. The van der Waals surface area contributed by atoms with E-state index in [2.05, 4.69) is 15.5 Å². The number of rotatable bonds is 4. The summed E-state index contributed by atoms with van der Waals surface area (Å²) in [4.78, 5) is 17.9. The molecular formula is C13H24N4O3. The molecule has 0 radical (unpaired) electrons. The molecular weight excluding hydrogens is 260 g/mol. The lowest BCUT2D eigenvalue weighted by atomic mass is 10.2. The summed E-state index contributed by atoms with van der Waals surface area (Å²) in [5, 5.41) is 6.56. The molecule has 0 spiro atoms. The summed E-state index contributed by atoms with van der Waals surface area (Å²) in [5.41, 5.74) is -0.536. The van der Waals surface area contributed by atoms with Crippen molar-refractivity contribution in [2.75, 3.05) is 14.1 Å². The molecule has 0 aliphatic rings. The van der Waals surface area contributed by atoms with Crippen molar-refractivity contribution in [2.45, 2.75) is 52.3 Å². The summed E-state index contributed by atoms with van der Waals surface area (Å²) in [6, 6.07) is -0.360. The quantitative estimate of drug-likeness (QED) is 0.913. The van der Waals surface area contributed by atoms with Gasteiger partial charge in [0, 0.05) is 0 Å². The molecule has 0 aliphatic carbocycles. The Labute approximate surface area is 119 Å². The van der Waals surface area contributed by atoms with Gasteiger partial charge in [0.25, 0.3) is 0 Å². The average Bonchev–Trinajstić information content (AvgIpc) is 2.73. The van der Waals surface area contributed by atoms with Crippen molar-refractivity contribution in [1.29, 1.82) is 0 Å². The largest absolute Gasteiger partial charge is 0.444 e. The molecule has 0 bridgehead atoms. The van der Waals surface area contributed by atoms with Gasteiger partial charge in [-0.2, -0.15) is 4.98 Å². The number of aromatic nitrogens is 2. The van der Waals surface area contributed by atoms with Crippen LogP contribution in [0.2, 0.25) is 0 Å². The van der Waals surface area contributed by atoms with Gasteiger partial charge in [-0.05, 0) is 48.7 Å². The molecule has 7 heteroatoms. The third kappa shape index (κ3) is 4.80. The van der Waals surface area contributed by atoms with E-state index in [4.69, 9.17) is 9.26 Å². The van der Waals surface area contributed by atoms with Gasteiger partial charge in [0.15, 0.2) is 5.82 Å². The van der Waals surface area contributed by atoms with Gasteiger partial charge in [0.05, 0.1) is 12.1 Å². The van der Waals surface area contributed by atoms with Crippen molar-refractivity contribution in [3.05, 3.63) is 11.7 Å². The first-order valence-electron chi connectivity index (χ1n) is 6.59. The van der Waals surface area contributed by atoms with Crippen LogP contribution in [0.3, 0.4) is 0 Å². The first kappa shape index (κ1) is 16.4. The van der Waals surface area contributed by atoms with E-state index >= 15 is 0 Å². The highest BCUT2D eigenvalue weighted by atomic mass is 16.6. The number of hydrogen-bond acceptors (Lipinski definition) is 6. The summed E-state index contributed by atoms with van der Waals surface area (Å²) in [7, 11) is 3.85. The highest BCUT2D eigenvalue weighted by Gasteiger charge is 2.22. The standard InChI is InChI=1S/C13H24N4O3/c1-8(14-12(18)19-13(3,4)5)10-15-11(20-16-10)9(2)17(6)7/h8-9H,1-7H3,(H,14,18)/t8?,9-/m0/s1. The number of hydrogen-bond donors (Lipinski definition) is 1. The highest BCUT2D eigenvalue weighted by molar-refractivity contribution is 5.68. The Balaban J connectivity index is 2.65. The van der Waals surface area contributed by atoms with E-state index in [0.29, 0.717) is 11.7 Å². The minimum atomic E-state index is -0.536. The van der Waals surface area contributed by atoms with Crippen LogP contribution in [0.1, 0.15) is 58.4 Å². The molecule has 1 N–H and O–H groups in total. The SMILES string of the molecule is CC(NC(=O)OC(C)(C)C)c1noc([C@H](C)N(C)C)n1. The highest BCUT2D eigenvalue weighted by Crippen LogP contribution is 2.17. The number of nitrogens with zero attached hydrogens (tertiary/aromatic N) is 3. The van der Waals surface area contributed by atoms with E-state index in [0.717, 1.165) is 0 Å². The molecule has 0 fully saturated rings. The van der Waals surface area contributed by atoms with Crippen LogP contribution in [0.4, 0.5) is 4.79 Å². The first-order chi connectivity index (χ1) is 9.10. The van der Waals surface area contributed by atoms with Crippen molar-refractivity contribution in [2.24, 2.45) is 0 Å². The Morgan fingerprint density at radius 3 is 2.45 bits per heavy atom. The number of ether oxygens (including phenoxy) is 1. The molecule has 1 heterocycles. The lowest BCUT2D eigenvalue weighted by Gasteiger charge is -2.21. The van der Waals surface area contributed by atoms with Crippen molar-refractivity contribution < 1.29 is 14.1 Å². The molecule has 0 saturated heterocycles. The molecule has 1 aromatic heterocycles. The molecule has 114 valence electrons. The molecule has 0 aromatic carbocycles. The molecule has 7 nitrogen and oxygen atoms in total. The first-order valence-corrected chi connectivity index (χ1v) is 6.59. The molecule has 1 amide bonds. The second kappa shape index (κ2) is 6.21. The molecule has 0 saturated carbocycles. The zero-order chi connectivity index (χ0) is 15.5. The van der Waals surface area contributed by atoms with Crippen LogP contribution < -0.4 is 5.32 Å². The Hall–Kier alpha value is -1.63. The minimum absolute atomic E-state index is 0.0185. The van der Waals surface area contributed by atoms with Gasteiger partial charge < -0.3 is 14.6 Å². The van der Waals surface area contributed by atoms with E-state index < -0.39 is 11.7 Å². The number of carbonyl (C=O) groups excluding carboxylic acids is 1. The molecule has 1 rings (SSSR count). The molecule has 1 aromatic rings. The van der Waals surface area contributed by atoms with Gasteiger partial charge in [-0.25, -0.2) is 4.79 Å². The van der Waals surface area contributed by atoms with E-state index in [9.17, 15) is 4.79 Å². The number of alkyl carbamates (subject to hydrolysis) is 1. The summed E-state index contributed by atoms with van der Waals surface area (Å²) in [6.07, 6.45) is -0.503. The van der Waals surface area contributed by atoms with Gasteiger partial charge in [-0.1, -0.05) is 5.16 Å². The summed E-state index contributed by atoms with van der Waals surface area (Å²) >= 11 is 0. The monoisotopic (exact) mass is 284 g/mol.